The van der Waals surface area contributed by atoms with Crippen LogP contribution in [0.2, 0.25) is 0 Å². The molecule has 2 heterocycles. The summed E-state index contributed by atoms with van der Waals surface area (Å²) < 4.78 is 5.43. The highest BCUT2D eigenvalue weighted by molar-refractivity contribution is 5.79. The number of ether oxygens (including phenoxy) is 1. The molecule has 2 N–H and O–H groups in total. The summed E-state index contributed by atoms with van der Waals surface area (Å²) in [7, 11) is 0. The zero-order valence-electron chi connectivity index (χ0n) is 11.2. The highest BCUT2D eigenvalue weighted by Gasteiger charge is 2.30. The van der Waals surface area contributed by atoms with Crippen LogP contribution < -0.4 is 10.6 Å². The van der Waals surface area contributed by atoms with Crippen molar-refractivity contribution in [3.63, 3.8) is 0 Å². The number of hydrogen-bond acceptors (Lipinski definition) is 3. The fraction of sp³-hybridized carbons (Fsp3) is 0.533. The predicted molar refractivity (Wildman–Crippen MR) is 72.4 cm³/mol. The van der Waals surface area contributed by atoms with E-state index in [9.17, 15) is 4.79 Å². The van der Waals surface area contributed by atoms with Gasteiger partial charge < -0.3 is 15.4 Å². The molecule has 2 aliphatic rings. The lowest BCUT2D eigenvalue weighted by atomic mass is 10.0. The number of carbonyl (C=O) groups excluding carboxylic acids is 1. The molecule has 1 saturated heterocycles. The van der Waals surface area contributed by atoms with Crippen molar-refractivity contribution in [2.75, 3.05) is 6.61 Å². The zero-order valence-corrected chi connectivity index (χ0v) is 11.2. The van der Waals surface area contributed by atoms with Gasteiger partial charge in [0.15, 0.2) is 0 Å². The highest BCUT2D eigenvalue weighted by atomic mass is 16.5. The average molecular weight is 260 g/mol. The van der Waals surface area contributed by atoms with Gasteiger partial charge in [0.25, 0.3) is 0 Å². The molecule has 1 aromatic rings. The second-order valence-electron chi connectivity index (χ2n) is 5.40. The summed E-state index contributed by atoms with van der Waals surface area (Å²) in [6, 6.07) is 6.43. The zero-order chi connectivity index (χ0) is 13.2. The van der Waals surface area contributed by atoms with Crippen molar-refractivity contribution in [1.29, 1.82) is 0 Å². The lowest BCUT2D eigenvalue weighted by Crippen LogP contribution is -2.33. The molecule has 2 atom stereocenters. The van der Waals surface area contributed by atoms with Crippen LogP contribution in [-0.4, -0.2) is 18.6 Å². The Balaban J connectivity index is 1.58. The fourth-order valence-corrected chi connectivity index (χ4v) is 2.85. The second-order valence-corrected chi connectivity index (χ2v) is 5.40. The number of benzene rings is 1. The van der Waals surface area contributed by atoms with Gasteiger partial charge in [-0.25, -0.2) is 0 Å². The van der Waals surface area contributed by atoms with Crippen LogP contribution >= 0.6 is 0 Å². The Labute approximate surface area is 113 Å². The third kappa shape index (κ3) is 2.65. The number of carbonyl (C=O) groups is 1. The minimum atomic E-state index is 0.0103. The first-order chi connectivity index (χ1) is 9.24. The molecule has 1 aromatic carbocycles. The summed E-state index contributed by atoms with van der Waals surface area (Å²) in [5.74, 6) is 0.125. The van der Waals surface area contributed by atoms with Crippen molar-refractivity contribution in [2.24, 2.45) is 5.92 Å². The SMILES string of the molecule is CC1OCCC1C(=O)NCc1ccc2c(c1)CNC2. The Morgan fingerprint density at radius 1 is 1.42 bits per heavy atom. The van der Waals surface area contributed by atoms with Crippen molar-refractivity contribution in [1.82, 2.24) is 10.6 Å². The van der Waals surface area contributed by atoms with Crippen LogP contribution in [0, 0.1) is 5.92 Å². The minimum absolute atomic E-state index is 0.0103. The van der Waals surface area contributed by atoms with Crippen LogP contribution in [0.3, 0.4) is 0 Å². The minimum Gasteiger partial charge on any atom is -0.378 e. The maximum atomic E-state index is 12.1. The lowest BCUT2D eigenvalue weighted by Gasteiger charge is -2.14. The van der Waals surface area contributed by atoms with E-state index in [1.54, 1.807) is 0 Å². The smallest absolute Gasteiger partial charge is 0.226 e. The molecular formula is C15H20N2O2. The standard InChI is InChI=1S/C15H20N2O2/c1-10-14(4-5-19-10)15(18)17-7-11-2-3-12-8-16-9-13(12)6-11/h2-3,6,10,14,16H,4-5,7-9H2,1H3,(H,17,18). The molecule has 0 saturated carbocycles. The molecule has 0 bridgehead atoms. The van der Waals surface area contributed by atoms with Crippen molar-refractivity contribution in [3.05, 3.63) is 34.9 Å². The lowest BCUT2D eigenvalue weighted by molar-refractivity contribution is -0.126. The monoisotopic (exact) mass is 260 g/mol. The Morgan fingerprint density at radius 2 is 2.26 bits per heavy atom. The van der Waals surface area contributed by atoms with Crippen molar-refractivity contribution < 1.29 is 9.53 Å². The van der Waals surface area contributed by atoms with E-state index in [1.807, 2.05) is 6.92 Å². The molecule has 4 nitrogen and oxygen atoms in total. The molecule has 3 rings (SSSR count). The second kappa shape index (κ2) is 5.31. The van der Waals surface area contributed by atoms with E-state index in [0.717, 1.165) is 19.5 Å². The summed E-state index contributed by atoms with van der Waals surface area (Å²) >= 11 is 0. The van der Waals surface area contributed by atoms with Gasteiger partial charge in [-0.3, -0.25) is 4.79 Å². The maximum absolute atomic E-state index is 12.1. The van der Waals surface area contributed by atoms with Crippen LogP contribution in [0.25, 0.3) is 0 Å². The Hall–Kier alpha value is -1.39. The van der Waals surface area contributed by atoms with Crippen molar-refractivity contribution >= 4 is 5.91 Å². The largest absolute Gasteiger partial charge is 0.378 e. The van der Waals surface area contributed by atoms with E-state index in [-0.39, 0.29) is 17.9 Å². The highest BCUT2D eigenvalue weighted by Crippen LogP contribution is 2.21. The van der Waals surface area contributed by atoms with Crippen molar-refractivity contribution in [3.8, 4) is 0 Å². The molecule has 1 amide bonds. The van der Waals surface area contributed by atoms with Gasteiger partial charge in [0.2, 0.25) is 5.91 Å². The van der Waals surface area contributed by atoms with Gasteiger partial charge >= 0.3 is 0 Å². The molecule has 0 radical (unpaired) electrons. The number of hydrogen-bond donors (Lipinski definition) is 2. The van der Waals surface area contributed by atoms with Crippen molar-refractivity contribution in [2.45, 2.75) is 39.1 Å². The van der Waals surface area contributed by atoms with Crippen LogP contribution in [-0.2, 0) is 29.2 Å². The van der Waals surface area contributed by atoms with Gasteiger partial charge in [-0.1, -0.05) is 18.2 Å². The van der Waals surface area contributed by atoms with Gasteiger partial charge in [0.1, 0.15) is 0 Å². The van der Waals surface area contributed by atoms with E-state index in [2.05, 4.69) is 28.8 Å². The maximum Gasteiger partial charge on any atom is 0.226 e. The van der Waals surface area contributed by atoms with Crippen LogP contribution in [0.4, 0.5) is 0 Å². The Bertz CT molecular complexity index is 487. The Morgan fingerprint density at radius 3 is 3.05 bits per heavy atom. The van der Waals surface area contributed by atoms with E-state index in [4.69, 9.17) is 4.74 Å². The van der Waals surface area contributed by atoms with Gasteiger partial charge in [0.05, 0.1) is 12.0 Å². The summed E-state index contributed by atoms with van der Waals surface area (Å²) in [6.45, 7) is 5.17. The molecule has 0 aromatic heterocycles. The summed E-state index contributed by atoms with van der Waals surface area (Å²) in [6.07, 6.45) is 0.880. The van der Waals surface area contributed by atoms with Crippen LogP contribution in [0.5, 0.6) is 0 Å². The van der Waals surface area contributed by atoms with Gasteiger partial charge in [0, 0.05) is 26.2 Å². The first-order valence-corrected chi connectivity index (χ1v) is 6.95. The molecule has 2 unspecified atom stereocenters. The number of nitrogens with one attached hydrogen (secondary N) is 2. The predicted octanol–water partition coefficient (Wildman–Crippen LogP) is 1.33. The molecule has 0 aliphatic carbocycles. The summed E-state index contributed by atoms with van der Waals surface area (Å²) in [5.41, 5.74) is 3.89. The first kappa shape index (κ1) is 12.6. The summed E-state index contributed by atoms with van der Waals surface area (Å²) in [4.78, 5) is 12.1. The third-order valence-corrected chi connectivity index (χ3v) is 4.08. The van der Waals surface area contributed by atoms with Gasteiger partial charge in [-0.2, -0.15) is 0 Å². The molecule has 4 heteroatoms. The summed E-state index contributed by atoms with van der Waals surface area (Å²) in [5, 5.41) is 6.35. The quantitative estimate of drug-likeness (QED) is 0.862. The Kier molecular flexibility index (Phi) is 3.53. The van der Waals surface area contributed by atoms with E-state index >= 15 is 0 Å². The topological polar surface area (TPSA) is 50.4 Å². The van der Waals surface area contributed by atoms with Gasteiger partial charge in [-0.05, 0) is 30.0 Å². The van der Waals surface area contributed by atoms with E-state index < -0.39 is 0 Å². The molecule has 0 spiro atoms. The molecular weight excluding hydrogens is 240 g/mol. The molecule has 2 aliphatic heterocycles. The van der Waals surface area contributed by atoms with Gasteiger partial charge in [-0.15, -0.1) is 0 Å². The average Bonchev–Trinajstić information content (AvgIpc) is 3.03. The number of fused-ring (bicyclic) bond motifs is 1. The molecule has 19 heavy (non-hydrogen) atoms. The van der Waals surface area contributed by atoms with E-state index in [1.165, 1.54) is 16.7 Å². The number of amides is 1. The van der Waals surface area contributed by atoms with Crippen LogP contribution in [0.1, 0.15) is 30.0 Å². The van der Waals surface area contributed by atoms with E-state index in [0.29, 0.717) is 13.2 Å². The third-order valence-electron chi connectivity index (χ3n) is 4.08. The fourth-order valence-electron chi connectivity index (χ4n) is 2.85. The molecule has 102 valence electrons. The first-order valence-electron chi connectivity index (χ1n) is 6.95. The normalized spacial score (nSPS) is 25.3. The molecule has 1 fully saturated rings. The van der Waals surface area contributed by atoms with Crippen LogP contribution in [0.15, 0.2) is 18.2 Å². The number of rotatable bonds is 3.